The Hall–Kier alpha value is -2.24. The van der Waals surface area contributed by atoms with Crippen LogP contribution in [0.3, 0.4) is 0 Å². The summed E-state index contributed by atoms with van der Waals surface area (Å²) in [5.41, 5.74) is 14.6. The van der Waals surface area contributed by atoms with E-state index in [0.717, 1.165) is 28.5 Å². The van der Waals surface area contributed by atoms with Gasteiger partial charge < -0.3 is 16.8 Å². The van der Waals surface area contributed by atoms with Crippen LogP contribution in [0.5, 0.6) is 0 Å². The van der Waals surface area contributed by atoms with Crippen LogP contribution in [0.2, 0.25) is 0 Å². The van der Waals surface area contributed by atoms with Gasteiger partial charge in [0.05, 0.1) is 10.9 Å². The number of hydrogen-bond donors (Lipinski definition) is 3. The van der Waals surface area contributed by atoms with E-state index in [2.05, 4.69) is 30.2 Å². The number of hydrogen-bond acceptors (Lipinski definition) is 5. The molecular formula is C14H20N6. The van der Waals surface area contributed by atoms with Crippen molar-refractivity contribution in [1.82, 2.24) is 15.1 Å². The van der Waals surface area contributed by atoms with Gasteiger partial charge in [0.2, 0.25) is 0 Å². The highest BCUT2D eigenvalue weighted by Gasteiger charge is 2.21. The molecular weight excluding hydrogens is 252 g/mol. The van der Waals surface area contributed by atoms with Gasteiger partial charge in [0.1, 0.15) is 12.5 Å². The summed E-state index contributed by atoms with van der Waals surface area (Å²) in [7, 11) is 0. The Morgan fingerprint density at radius 3 is 2.85 bits per heavy atom. The van der Waals surface area contributed by atoms with E-state index in [9.17, 15) is 0 Å². The van der Waals surface area contributed by atoms with Gasteiger partial charge in [-0.25, -0.2) is 9.67 Å². The van der Waals surface area contributed by atoms with E-state index in [-0.39, 0.29) is 12.0 Å². The maximum absolute atomic E-state index is 6.12. The minimum absolute atomic E-state index is 0.199. The molecule has 6 nitrogen and oxygen atoms in total. The number of rotatable bonds is 2. The number of fused-ring (bicyclic) bond motifs is 1. The van der Waals surface area contributed by atoms with Crippen molar-refractivity contribution in [3.05, 3.63) is 40.3 Å². The molecule has 106 valence electrons. The molecule has 0 aromatic carbocycles. The van der Waals surface area contributed by atoms with Crippen LogP contribution in [-0.2, 0) is 0 Å². The molecule has 5 N–H and O–H groups in total. The molecule has 1 aliphatic heterocycles. The molecule has 2 aliphatic rings. The third-order valence-corrected chi connectivity index (χ3v) is 3.65. The van der Waals surface area contributed by atoms with Crippen molar-refractivity contribution < 1.29 is 0 Å². The monoisotopic (exact) mass is 272 g/mol. The number of aromatic nitrogens is 2. The second-order valence-corrected chi connectivity index (χ2v) is 5.43. The quantitative estimate of drug-likeness (QED) is 0.680. The second kappa shape index (κ2) is 4.70. The molecule has 1 unspecified atom stereocenters. The van der Waals surface area contributed by atoms with Crippen LogP contribution in [0.15, 0.2) is 28.9 Å². The first kappa shape index (κ1) is 12.8. The Balaban J connectivity index is 2.19. The minimum Gasteiger partial charge on any atom is -0.399 e. The predicted octanol–water partition coefficient (Wildman–Crippen LogP) is -0.445. The summed E-state index contributed by atoms with van der Waals surface area (Å²) in [6, 6.07) is 0.250. The van der Waals surface area contributed by atoms with E-state index in [1.165, 1.54) is 0 Å². The first-order chi connectivity index (χ1) is 9.58. The van der Waals surface area contributed by atoms with Crippen molar-refractivity contribution in [2.75, 3.05) is 6.67 Å². The van der Waals surface area contributed by atoms with Gasteiger partial charge in [0, 0.05) is 17.7 Å². The summed E-state index contributed by atoms with van der Waals surface area (Å²) in [5.74, 6) is 0.859. The molecule has 3 rings (SSSR count). The zero-order chi connectivity index (χ0) is 14.3. The summed E-state index contributed by atoms with van der Waals surface area (Å²) in [6.45, 7) is 4.70. The lowest BCUT2D eigenvalue weighted by Crippen LogP contribution is -2.44. The molecule has 1 aromatic rings. The highest BCUT2D eigenvalue weighted by Crippen LogP contribution is 2.22. The highest BCUT2D eigenvalue weighted by atomic mass is 15.3. The van der Waals surface area contributed by atoms with Crippen LogP contribution < -0.4 is 27.5 Å². The first-order valence-electron chi connectivity index (χ1n) is 6.88. The van der Waals surface area contributed by atoms with Crippen molar-refractivity contribution in [1.29, 1.82) is 0 Å². The van der Waals surface area contributed by atoms with Gasteiger partial charge in [-0.3, -0.25) is 0 Å². The van der Waals surface area contributed by atoms with Gasteiger partial charge in [-0.05, 0) is 26.3 Å². The fraction of sp³-hybridized carbons (Fsp3) is 0.429. The lowest BCUT2D eigenvalue weighted by atomic mass is 9.95. The summed E-state index contributed by atoms with van der Waals surface area (Å²) in [6.07, 6.45) is 6.88. The normalized spacial score (nSPS) is 21.2. The maximum Gasteiger partial charge on any atom is 0.159 e. The van der Waals surface area contributed by atoms with E-state index < -0.39 is 0 Å². The van der Waals surface area contributed by atoms with Crippen molar-refractivity contribution in [3.8, 4) is 0 Å². The van der Waals surface area contributed by atoms with Crippen molar-refractivity contribution in [2.24, 2.45) is 16.5 Å². The van der Waals surface area contributed by atoms with E-state index in [4.69, 9.17) is 16.6 Å². The topological polar surface area (TPSA) is 94.2 Å². The Labute approximate surface area is 117 Å². The fourth-order valence-electron chi connectivity index (χ4n) is 2.60. The Morgan fingerprint density at radius 1 is 1.40 bits per heavy atom. The summed E-state index contributed by atoms with van der Waals surface area (Å²) < 4.78 is 1.95. The number of nitrogens with one attached hydrogen (secondary N) is 1. The Bertz CT molecular complexity index is 707. The third-order valence-electron chi connectivity index (χ3n) is 3.65. The zero-order valence-corrected chi connectivity index (χ0v) is 11.8. The first-order valence-corrected chi connectivity index (χ1v) is 6.88. The van der Waals surface area contributed by atoms with Crippen LogP contribution in [0.1, 0.15) is 37.9 Å². The Morgan fingerprint density at radius 2 is 2.20 bits per heavy atom. The van der Waals surface area contributed by atoms with Gasteiger partial charge in [0.15, 0.2) is 5.49 Å². The van der Waals surface area contributed by atoms with Crippen LogP contribution >= 0.6 is 0 Å². The van der Waals surface area contributed by atoms with E-state index >= 15 is 0 Å². The van der Waals surface area contributed by atoms with Gasteiger partial charge in [-0.1, -0.05) is 12.2 Å². The van der Waals surface area contributed by atoms with Gasteiger partial charge >= 0.3 is 0 Å². The zero-order valence-electron chi connectivity index (χ0n) is 11.8. The predicted molar refractivity (Wildman–Crippen MR) is 77.8 cm³/mol. The summed E-state index contributed by atoms with van der Waals surface area (Å²) in [4.78, 5) is 4.52. The van der Waals surface area contributed by atoms with Crippen LogP contribution in [-0.4, -0.2) is 16.4 Å². The van der Waals surface area contributed by atoms with Crippen LogP contribution in [0.4, 0.5) is 0 Å². The maximum atomic E-state index is 6.12. The van der Waals surface area contributed by atoms with Gasteiger partial charge in [-0.15, -0.1) is 0 Å². The number of nitrogens with two attached hydrogens (primary N) is 2. The van der Waals surface area contributed by atoms with E-state index in [1.807, 2.05) is 16.8 Å². The lowest BCUT2D eigenvalue weighted by molar-refractivity contribution is 0.498. The molecule has 0 fully saturated rings. The van der Waals surface area contributed by atoms with E-state index in [1.54, 1.807) is 0 Å². The fourth-order valence-corrected chi connectivity index (χ4v) is 2.60. The lowest BCUT2D eigenvalue weighted by Gasteiger charge is -2.13. The largest absolute Gasteiger partial charge is 0.399 e. The molecule has 1 atom stereocenters. The molecule has 0 amide bonds. The average molecular weight is 272 g/mol. The van der Waals surface area contributed by atoms with Crippen molar-refractivity contribution in [3.63, 3.8) is 0 Å². The van der Waals surface area contributed by atoms with E-state index in [0.29, 0.717) is 12.5 Å². The number of nitrogens with zero attached hydrogens (tertiary/aromatic N) is 3. The second-order valence-electron chi connectivity index (χ2n) is 5.43. The summed E-state index contributed by atoms with van der Waals surface area (Å²) >= 11 is 0. The van der Waals surface area contributed by atoms with Crippen molar-refractivity contribution >= 4 is 5.82 Å². The smallest absolute Gasteiger partial charge is 0.159 e. The summed E-state index contributed by atoms with van der Waals surface area (Å²) in [5, 5.41) is 8.78. The molecule has 0 saturated heterocycles. The SMILES string of the molecule is CC(C)n1nc(C2C=CC(N)=CC2)c2c1=NCNC=2N. The van der Waals surface area contributed by atoms with Crippen LogP contribution in [0.25, 0.3) is 5.82 Å². The van der Waals surface area contributed by atoms with Crippen LogP contribution in [0, 0.1) is 0 Å². The molecule has 0 saturated carbocycles. The molecule has 1 aromatic heterocycles. The van der Waals surface area contributed by atoms with Gasteiger partial charge in [-0.2, -0.15) is 5.10 Å². The average Bonchev–Trinajstić information content (AvgIpc) is 2.81. The molecule has 0 spiro atoms. The minimum atomic E-state index is 0.199. The highest BCUT2D eigenvalue weighted by molar-refractivity contribution is 5.42. The molecule has 0 radical (unpaired) electrons. The standard InChI is InChI=1S/C14H20N6/c1-8(2)20-14-11(13(16)17-7-18-14)12(19-20)9-3-5-10(15)6-4-9/h3,5-6,8-9,17H,4,7,15-16H2,1-2H3. The molecule has 1 aliphatic carbocycles. The molecule has 6 heteroatoms. The molecule has 2 heterocycles. The van der Waals surface area contributed by atoms with Gasteiger partial charge in [0.25, 0.3) is 0 Å². The number of allylic oxidation sites excluding steroid dienone is 3. The molecule has 0 bridgehead atoms. The Kier molecular flexibility index (Phi) is 3.00. The third kappa shape index (κ3) is 1.97. The molecule has 20 heavy (non-hydrogen) atoms. The van der Waals surface area contributed by atoms with Crippen molar-refractivity contribution in [2.45, 2.75) is 32.2 Å².